The van der Waals surface area contributed by atoms with Crippen LogP contribution in [0.25, 0.3) is 0 Å². The topological polar surface area (TPSA) is 150 Å². The maximum Gasteiger partial charge on any atom is 0.344 e. The van der Waals surface area contributed by atoms with E-state index in [0.717, 1.165) is 5.56 Å². The number of benzene rings is 1. The third kappa shape index (κ3) is 6.00. The maximum absolute atomic E-state index is 13.0. The second-order valence-corrected chi connectivity index (χ2v) is 7.86. The monoisotopic (exact) mass is 489 g/mol. The molecule has 184 valence electrons. The van der Waals surface area contributed by atoms with Crippen molar-refractivity contribution in [3.05, 3.63) is 89.4 Å². The van der Waals surface area contributed by atoms with Crippen LogP contribution in [0.1, 0.15) is 47.1 Å². The summed E-state index contributed by atoms with van der Waals surface area (Å²) in [5.74, 6) is -1.18. The first-order valence-corrected chi connectivity index (χ1v) is 11.0. The van der Waals surface area contributed by atoms with Crippen LogP contribution < -0.4 is 14.8 Å². The number of hydrogen-bond donors (Lipinski definition) is 2. The molecular weight excluding hydrogens is 466 g/mol. The number of ether oxygens (including phenoxy) is 2. The molecule has 1 aromatic carbocycles. The molecule has 0 saturated heterocycles. The quantitative estimate of drug-likeness (QED) is 0.338. The van der Waals surface area contributed by atoms with Crippen LogP contribution >= 0.6 is 0 Å². The lowest BCUT2D eigenvalue weighted by Gasteiger charge is -2.16. The van der Waals surface area contributed by atoms with E-state index in [-0.39, 0.29) is 23.2 Å². The fourth-order valence-electron chi connectivity index (χ4n) is 3.22. The fraction of sp³-hybridized carbons (Fsp3) is 0.200. The molecule has 0 aliphatic rings. The van der Waals surface area contributed by atoms with Crippen LogP contribution in [-0.2, 0) is 11.2 Å². The minimum atomic E-state index is -1.09. The predicted octanol–water partition coefficient (Wildman–Crippen LogP) is 3.59. The summed E-state index contributed by atoms with van der Waals surface area (Å²) in [5.41, 5.74) is 2.35. The Bertz CT molecular complexity index is 1330. The smallest absolute Gasteiger partial charge is 0.344 e. The van der Waals surface area contributed by atoms with Crippen LogP contribution in [-0.4, -0.2) is 43.4 Å². The zero-order chi connectivity index (χ0) is 25.5. The molecule has 0 saturated carbocycles. The van der Waals surface area contributed by atoms with Gasteiger partial charge < -0.3 is 19.9 Å². The molecule has 36 heavy (non-hydrogen) atoms. The third-order valence-corrected chi connectivity index (χ3v) is 5.20. The average molecular weight is 489 g/mol. The van der Waals surface area contributed by atoms with Crippen molar-refractivity contribution in [2.45, 2.75) is 32.4 Å². The Morgan fingerprint density at radius 2 is 1.81 bits per heavy atom. The molecule has 0 radical (unpaired) electrons. The molecule has 1 amide bonds. The number of nitrogens with one attached hydrogen (secondary N) is 1. The number of carboxylic acids is 1. The maximum atomic E-state index is 13.0. The molecule has 0 fully saturated rings. The SMILES string of the molecule is CC(Oc1ccc(C(C)NC(=O)c2cccnc2Oc2nonc2Cc2ccccc2)cn1)C(=O)O. The highest BCUT2D eigenvalue weighted by Crippen LogP contribution is 2.26. The molecule has 3 aromatic heterocycles. The van der Waals surface area contributed by atoms with E-state index in [1.165, 1.54) is 19.3 Å². The van der Waals surface area contributed by atoms with E-state index in [2.05, 4.69) is 25.6 Å². The van der Waals surface area contributed by atoms with E-state index in [0.29, 0.717) is 17.7 Å². The van der Waals surface area contributed by atoms with Crippen molar-refractivity contribution in [3.63, 3.8) is 0 Å². The number of hydrogen-bond acceptors (Lipinski definition) is 9. The standard InChI is InChI=1S/C25H23N5O6/c1-15(18-10-11-21(27-14-18)34-16(2)25(32)33)28-22(31)19-9-6-12-26-23(19)35-24-20(29-36-30-24)13-17-7-4-3-5-8-17/h3-12,14-16H,13H2,1-2H3,(H,28,31)(H,32,33). The summed E-state index contributed by atoms with van der Waals surface area (Å²) >= 11 is 0. The van der Waals surface area contributed by atoms with Gasteiger partial charge in [0.2, 0.25) is 11.8 Å². The van der Waals surface area contributed by atoms with Gasteiger partial charge in [0.25, 0.3) is 11.8 Å². The Labute approximate surface area is 206 Å². The van der Waals surface area contributed by atoms with Gasteiger partial charge in [-0.15, -0.1) is 0 Å². The second-order valence-electron chi connectivity index (χ2n) is 7.86. The zero-order valence-corrected chi connectivity index (χ0v) is 19.5. The molecule has 4 aromatic rings. The molecule has 3 heterocycles. The highest BCUT2D eigenvalue weighted by atomic mass is 16.6. The summed E-state index contributed by atoms with van der Waals surface area (Å²) in [6, 6.07) is 15.6. The van der Waals surface area contributed by atoms with Crippen molar-refractivity contribution in [2.24, 2.45) is 0 Å². The Morgan fingerprint density at radius 3 is 2.53 bits per heavy atom. The Hall–Kier alpha value is -4.80. The molecule has 11 heteroatoms. The fourth-order valence-corrected chi connectivity index (χ4v) is 3.22. The Kier molecular flexibility index (Phi) is 7.49. The summed E-state index contributed by atoms with van der Waals surface area (Å²) in [5, 5.41) is 19.6. The molecule has 0 spiro atoms. The van der Waals surface area contributed by atoms with Gasteiger partial charge in [0.05, 0.1) is 6.04 Å². The first-order valence-electron chi connectivity index (χ1n) is 11.0. The van der Waals surface area contributed by atoms with Gasteiger partial charge in [-0.3, -0.25) is 4.79 Å². The Balaban J connectivity index is 1.44. The molecule has 2 atom stereocenters. The van der Waals surface area contributed by atoms with Crippen LogP contribution in [0.5, 0.6) is 17.6 Å². The van der Waals surface area contributed by atoms with Gasteiger partial charge >= 0.3 is 5.97 Å². The van der Waals surface area contributed by atoms with E-state index in [1.54, 1.807) is 31.2 Å². The van der Waals surface area contributed by atoms with Gasteiger partial charge in [0, 0.05) is 24.9 Å². The summed E-state index contributed by atoms with van der Waals surface area (Å²) in [6.45, 7) is 3.19. The van der Waals surface area contributed by atoms with Gasteiger partial charge in [-0.05, 0) is 42.3 Å². The lowest BCUT2D eigenvalue weighted by Crippen LogP contribution is -2.27. The molecule has 4 rings (SSSR count). The van der Waals surface area contributed by atoms with Crippen molar-refractivity contribution < 1.29 is 28.8 Å². The lowest BCUT2D eigenvalue weighted by atomic mass is 10.1. The average Bonchev–Trinajstić information content (AvgIpc) is 3.31. The Morgan fingerprint density at radius 1 is 1.00 bits per heavy atom. The number of pyridine rings is 2. The molecule has 0 bridgehead atoms. The third-order valence-electron chi connectivity index (χ3n) is 5.20. The van der Waals surface area contributed by atoms with Gasteiger partial charge in [-0.25, -0.2) is 19.4 Å². The molecule has 0 aliphatic carbocycles. The minimum absolute atomic E-state index is 0.0525. The van der Waals surface area contributed by atoms with Gasteiger partial charge in [-0.1, -0.05) is 41.6 Å². The van der Waals surface area contributed by atoms with E-state index >= 15 is 0 Å². The number of aromatic nitrogens is 4. The van der Waals surface area contributed by atoms with Crippen LogP contribution in [0.4, 0.5) is 0 Å². The number of carbonyl (C=O) groups is 2. The minimum Gasteiger partial charge on any atom is -0.479 e. The molecule has 0 aliphatic heterocycles. The summed E-state index contributed by atoms with van der Waals surface area (Å²) in [6.07, 6.45) is 2.41. The number of carbonyl (C=O) groups excluding carboxylic acids is 1. The summed E-state index contributed by atoms with van der Waals surface area (Å²) in [4.78, 5) is 32.3. The molecule has 2 unspecified atom stereocenters. The van der Waals surface area contributed by atoms with Crippen molar-refractivity contribution in [1.82, 2.24) is 25.6 Å². The number of carboxylic acid groups (broad SMARTS) is 1. The van der Waals surface area contributed by atoms with Crippen molar-refractivity contribution >= 4 is 11.9 Å². The second kappa shape index (κ2) is 11.1. The predicted molar refractivity (Wildman–Crippen MR) is 126 cm³/mol. The van der Waals surface area contributed by atoms with Gasteiger partial charge in [-0.2, -0.15) is 0 Å². The van der Waals surface area contributed by atoms with E-state index in [1.807, 2.05) is 30.3 Å². The highest BCUT2D eigenvalue weighted by molar-refractivity contribution is 5.96. The lowest BCUT2D eigenvalue weighted by molar-refractivity contribution is -0.144. The summed E-state index contributed by atoms with van der Waals surface area (Å²) < 4.78 is 15.9. The van der Waals surface area contributed by atoms with Crippen LogP contribution in [0, 0.1) is 0 Å². The van der Waals surface area contributed by atoms with E-state index in [4.69, 9.17) is 19.2 Å². The number of aliphatic carboxylic acids is 1. The normalized spacial score (nSPS) is 12.4. The van der Waals surface area contributed by atoms with Crippen molar-refractivity contribution in [2.75, 3.05) is 0 Å². The first kappa shape index (κ1) is 24.3. The van der Waals surface area contributed by atoms with Gasteiger partial charge in [0.15, 0.2) is 11.8 Å². The molecule has 11 nitrogen and oxygen atoms in total. The van der Waals surface area contributed by atoms with Gasteiger partial charge in [0.1, 0.15) is 5.56 Å². The van der Waals surface area contributed by atoms with E-state index < -0.39 is 24.0 Å². The van der Waals surface area contributed by atoms with E-state index in [9.17, 15) is 9.59 Å². The molecule has 2 N–H and O–H groups in total. The summed E-state index contributed by atoms with van der Waals surface area (Å²) in [7, 11) is 0. The number of amides is 1. The van der Waals surface area contributed by atoms with Crippen LogP contribution in [0.15, 0.2) is 71.6 Å². The largest absolute Gasteiger partial charge is 0.479 e. The first-order chi connectivity index (χ1) is 17.4. The van der Waals surface area contributed by atoms with Crippen LogP contribution in [0.3, 0.4) is 0 Å². The number of nitrogens with zero attached hydrogens (tertiary/aromatic N) is 4. The number of rotatable bonds is 10. The van der Waals surface area contributed by atoms with Crippen molar-refractivity contribution in [3.8, 4) is 17.6 Å². The highest BCUT2D eigenvalue weighted by Gasteiger charge is 2.21. The zero-order valence-electron chi connectivity index (χ0n) is 19.5. The van der Waals surface area contributed by atoms with Crippen LogP contribution in [0.2, 0.25) is 0 Å². The molecular formula is C25H23N5O6. The van der Waals surface area contributed by atoms with Crippen molar-refractivity contribution in [1.29, 1.82) is 0 Å².